The molecule has 2 aliphatic rings. The summed E-state index contributed by atoms with van der Waals surface area (Å²) in [6.07, 6.45) is 5.61. The Bertz CT molecular complexity index is 922. The maximum atomic E-state index is 13.6. The Labute approximate surface area is 159 Å². The van der Waals surface area contributed by atoms with Gasteiger partial charge in [-0.05, 0) is 38.7 Å². The van der Waals surface area contributed by atoms with Crippen molar-refractivity contribution in [2.24, 2.45) is 0 Å². The number of rotatable bonds is 4. The molecule has 2 aliphatic carbocycles. The molecule has 0 aliphatic heterocycles. The Hall–Kier alpha value is -1.81. The second-order valence-electron chi connectivity index (χ2n) is 7.73. The molecule has 0 N–H and O–H groups in total. The van der Waals surface area contributed by atoms with Crippen molar-refractivity contribution in [3.8, 4) is 11.3 Å². The largest absolute Gasteiger partial charge is 0.288 e. The SMILES string of the molecule is C=C(C)CSc1nc2c(c(=O)n1CC)C1(CCCC1)Cc1ccccc1-2. The quantitative estimate of drug-likeness (QED) is 0.435. The zero-order valence-corrected chi connectivity index (χ0v) is 16.5. The molecule has 0 atom stereocenters. The predicted molar refractivity (Wildman–Crippen MR) is 109 cm³/mol. The van der Waals surface area contributed by atoms with Gasteiger partial charge in [-0.15, -0.1) is 0 Å². The topological polar surface area (TPSA) is 34.9 Å². The first-order valence-corrected chi connectivity index (χ1v) is 10.5. The number of aromatic nitrogens is 2. The maximum absolute atomic E-state index is 13.6. The second-order valence-corrected chi connectivity index (χ2v) is 8.68. The van der Waals surface area contributed by atoms with Crippen LogP contribution >= 0.6 is 11.8 Å². The summed E-state index contributed by atoms with van der Waals surface area (Å²) in [6, 6.07) is 8.51. The van der Waals surface area contributed by atoms with Gasteiger partial charge in [0.15, 0.2) is 5.16 Å². The van der Waals surface area contributed by atoms with Crippen molar-refractivity contribution in [2.75, 3.05) is 5.75 Å². The van der Waals surface area contributed by atoms with Crippen LogP contribution in [0.5, 0.6) is 0 Å². The fraction of sp³-hybridized carbons (Fsp3) is 0.455. The highest BCUT2D eigenvalue weighted by Gasteiger charge is 2.44. The highest BCUT2D eigenvalue weighted by Crippen LogP contribution is 2.49. The maximum Gasteiger partial charge on any atom is 0.258 e. The first kappa shape index (κ1) is 17.6. The lowest BCUT2D eigenvalue weighted by molar-refractivity contribution is 0.416. The molecule has 0 bridgehead atoms. The van der Waals surface area contributed by atoms with E-state index in [-0.39, 0.29) is 11.0 Å². The first-order chi connectivity index (χ1) is 12.6. The van der Waals surface area contributed by atoms with Crippen molar-refractivity contribution < 1.29 is 0 Å². The van der Waals surface area contributed by atoms with Crippen LogP contribution in [0.2, 0.25) is 0 Å². The Balaban J connectivity index is 1.97. The minimum absolute atomic E-state index is 0.0117. The molecule has 0 amide bonds. The Morgan fingerprint density at radius 3 is 2.73 bits per heavy atom. The number of nitrogens with zero attached hydrogens (tertiary/aromatic N) is 2. The van der Waals surface area contributed by atoms with Crippen LogP contribution < -0.4 is 5.56 Å². The molecule has 1 fully saturated rings. The van der Waals surface area contributed by atoms with Crippen LogP contribution in [0.25, 0.3) is 11.3 Å². The fourth-order valence-electron chi connectivity index (χ4n) is 4.62. The molecule has 0 unspecified atom stereocenters. The van der Waals surface area contributed by atoms with Crippen LogP contribution in [0, 0.1) is 0 Å². The molecule has 0 saturated heterocycles. The van der Waals surface area contributed by atoms with Crippen molar-refractivity contribution >= 4 is 11.8 Å². The molecule has 26 heavy (non-hydrogen) atoms. The standard InChI is InChI=1S/C22H26N2OS/c1-4-24-20(25)18-19(23-21(24)26-14-15(2)3)17-10-6-5-9-16(17)13-22(18)11-7-8-12-22/h5-6,9-10H,2,4,7-8,11-14H2,1,3H3. The number of benzene rings is 1. The Morgan fingerprint density at radius 1 is 1.31 bits per heavy atom. The van der Waals surface area contributed by atoms with Gasteiger partial charge in [-0.2, -0.15) is 0 Å². The summed E-state index contributed by atoms with van der Waals surface area (Å²) in [4.78, 5) is 18.6. The molecule has 3 nitrogen and oxygen atoms in total. The summed E-state index contributed by atoms with van der Waals surface area (Å²) in [7, 11) is 0. The van der Waals surface area contributed by atoms with Gasteiger partial charge in [0, 0.05) is 23.3 Å². The Morgan fingerprint density at radius 2 is 2.04 bits per heavy atom. The third kappa shape index (κ3) is 2.75. The molecule has 0 radical (unpaired) electrons. The van der Waals surface area contributed by atoms with Crippen LogP contribution in [0.15, 0.2) is 46.4 Å². The van der Waals surface area contributed by atoms with E-state index in [1.165, 1.54) is 18.4 Å². The van der Waals surface area contributed by atoms with Crippen LogP contribution in [0.3, 0.4) is 0 Å². The third-order valence-electron chi connectivity index (χ3n) is 5.79. The molecule has 1 aromatic carbocycles. The zero-order valence-electron chi connectivity index (χ0n) is 15.7. The van der Waals surface area contributed by atoms with E-state index >= 15 is 0 Å². The van der Waals surface area contributed by atoms with Gasteiger partial charge in [-0.1, -0.05) is 61.0 Å². The highest BCUT2D eigenvalue weighted by molar-refractivity contribution is 7.99. The van der Waals surface area contributed by atoms with Crippen molar-refractivity contribution in [3.05, 3.63) is 57.9 Å². The summed E-state index contributed by atoms with van der Waals surface area (Å²) in [5, 5.41) is 0.823. The molecule has 1 saturated carbocycles. The molecule has 136 valence electrons. The second kappa shape index (κ2) is 6.73. The van der Waals surface area contributed by atoms with E-state index in [1.807, 2.05) is 18.4 Å². The van der Waals surface area contributed by atoms with E-state index in [0.717, 1.165) is 52.6 Å². The van der Waals surface area contributed by atoms with Crippen LogP contribution in [0.1, 0.15) is 50.7 Å². The number of thioether (sulfide) groups is 1. The molecule has 4 rings (SSSR count). The summed E-state index contributed by atoms with van der Waals surface area (Å²) >= 11 is 1.62. The number of fused-ring (bicyclic) bond motifs is 4. The molecule has 4 heteroatoms. The summed E-state index contributed by atoms with van der Waals surface area (Å²) in [5.74, 6) is 0.790. The van der Waals surface area contributed by atoms with Gasteiger partial charge in [-0.25, -0.2) is 4.98 Å². The van der Waals surface area contributed by atoms with Gasteiger partial charge in [-0.3, -0.25) is 9.36 Å². The lowest BCUT2D eigenvalue weighted by Crippen LogP contribution is -2.40. The van der Waals surface area contributed by atoms with E-state index in [0.29, 0.717) is 6.54 Å². The van der Waals surface area contributed by atoms with Crippen molar-refractivity contribution in [2.45, 2.75) is 63.1 Å². The van der Waals surface area contributed by atoms with Gasteiger partial charge < -0.3 is 0 Å². The van der Waals surface area contributed by atoms with Gasteiger partial charge in [0.05, 0.1) is 11.3 Å². The van der Waals surface area contributed by atoms with Crippen molar-refractivity contribution in [3.63, 3.8) is 0 Å². The molecule has 1 aromatic heterocycles. The minimum atomic E-state index is -0.0117. The summed E-state index contributed by atoms with van der Waals surface area (Å²) < 4.78 is 1.88. The zero-order chi connectivity index (χ0) is 18.3. The molecule has 1 spiro atoms. The summed E-state index contributed by atoms with van der Waals surface area (Å²) in [6.45, 7) is 8.71. The van der Waals surface area contributed by atoms with Crippen molar-refractivity contribution in [1.29, 1.82) is 0 Å². The lowest BCUT2D eigenvalue weighted by Gasteiger charge is -2.36. The van der Waals surface area contributed by atoms with Crippen LogP contribution in [-0.4, -0.2) is 15.3 Å². The highest BCUT2D eigenvalue weighted by atomic mass is 32.2. The van der Waals surface area contributed by atoms with Crippen molar-refractivity contribution in [1.82, 2.24) is 9.55 Å². The van der Waals surface area contributed by atoms with E-state index < -0.39 is 0 Å². The average Bonchev–Trinajstić information content (AvgIpc) is 3.08. The summed E-state index contributed by atoms with van der Waals surface area (Å²) in [5.41, 5.74) is 5.68. The van der Waals surface area contributed by atoms with E-state index in [4.69, 9.17) is 4.98 Å². The molecule has 2 aromatic rings. The van der Waals surface area contributed by atoms with Crippen LogP contribution in [0.4, 0.5) is 0 Å². The van der Waals surface area contributed by atoms with Gasteiger partial charge in [0.1, 0.15) is 0 Å². The smallest absolute Gasteiger partial charge is 0.258 e. The number of hydrogen-bond donors (Lipinski definition) is 0. The van der Waals surface area contributed by atoms with Gasteiger partial charge in [0.25, 0.3) is 5.56 Å². The van der Waals surface area contributed by atoms with Gasteiger partial charge in [0.2, 0.25) is 0 Å². The number of hydrogen-bond acceptors (Lipinski definition) is 3. The van der Waals surface area contributed by atoms with E-state index in [9.17, 15) is 4.79 Å². The monoisotopic (exact) mass is 366 g/mol. The fourth-order valence-corrected chi connectivity index (χ4v) is 5.52. The normalized spacial score (nSPS) is 17.2. The van der Waals surface area contributed by atoms with Gasteiger partial charge >= 0.3 is 0 Å². The average molecular weight is 367 g/mol. The molecular weight excluding hydrogens is 340 g/mol. The third-order valence-corrected chi connectivity index (χ3v) is 7.00. The van der Waals surface area contributed by atoms with E-state index in [2.05, 4.69) is 30.8 Å². The molecule has 1 heterocycles. The predicted octanol–water partition coefficient (Wildman–Crippen LogP) is 4.97. The Kier molecular flexibility index (Phi) is 4.55. The van der Waals surface area contributed by atoms with Crippen LogP contribution in [-0.2, 0) is 18.4 Å². The molecular formula is C22H26N2OS. The lowest BCUT2D eigenvalue weighted by atomic mass is 9.68. The minimum Gasteiger partial charge on any atom is -0.288 e. The van der Waals surface area contributed by atoms with E-state index in [1.54, 1.807) is 11.8 Å². The first-order valence-electron chi connectivity index (χ1n) is 9.56.